The molecule has 2 aromatic rings. The molecular weight excluding hydrogens is 268 g/mol. The van der Waals surface area contributed by atoms with E-state index in [1.807, 2.05) is 20.0 Å². The Bertz CT molecular complexity index is 586. The second-order valence-electron chi connectivity index (χ2n) is 5.69. The molecule has 0 atom stereocenters. The molecule has 0 amide bonds. The highest BCUT2D eigenvalue weighted by atomic mass is 16.1. The van der Waals surface area contributed by atoms with Crippen LogP contribution in [0.2, 0.25) is 0 Å². The lowest BCUT2D eigenvalue weighted by molar-refractivity contribution is -0.120. The Kier molecular flexibility index (Phi) is 5.08. The van der Waals surface area contributed by atoms with Crippen LogP contribution in [0.15, 0.2) is 12.4 Å². The van der Waals surface area contributed by atoms with Crippen LogP contribution >= 0.6 is 0 Å². The Balaban J connectivity index is 1.76. The minimum Gasteiger partial charge on any atom is -0.369 e. The molecule has 7 heteroatoms. The SMILES string of the molecule is CC(C)CC(=O)Cn1cc(CCCc2cnc(N)[nH]2)nn1. The summed E-state index contributed by atoms with van der Waals surface area (Å²) in [5.41, 5.74) is 7.44. The Hall–Kier alpha value is -2.18. The van der Waals surface area contributed by atoms with Crippen molar-refractivity contribution in [3.05, 3.63) is 23.8 Å². The van der Waals surface area contributed by atoms with Crippen LogP contribution < -0.4 is 5.73 Å². The minimum atomic E-state index is 0.189. The van der Waals surface area contributed by atoms with E-state index < -0.39 is 0 Å². The number of hydrogen-bond acceptors (Lipinski definition) is 5. The van der Waals surface area contributed by atoms with E-state index in [4.69, 9.17) is 5.73 Å². The van der Waals surface area contributed by atoms with Gasteiger partial charge in [-0.25, -0.2) is 9.67 Å². The van der Waals surface area contributed by atoms with Crippen LogP contribution in [0.1, 0.15) is 38.1 Å². The summed E-state index contributed by atoms with van der Waals surface area (Å²) >= 11 is 0. The van der Waals surface area contributed by atoms with Gasteiger partial charge in [-0.3, -0.25) is 4.79 Å². The molecule has 21 heavy (non-hydrogen) atoms. The maximum Gasteiger partial charge on any atom is 0.197 e. The molecule has 0 unspecified atom stereocenters. The molecule has 0 saturated heterocycles. The average Bonchev–Trinajstić information content (AvgIpc) is 2.98. The fraction of sp³-hybridized carbons (Fsp3) is 0.571. The van der Waals surface area contributed by atoms with Gasteiger partial charge < -0.3 is 10.7 Å². The van der Waals surface area contributed by atoms with E-state index in [1.165, 1.54) is 0 Å². The fourth-order valence-corrected chi connectivity index (χ4v) is 2.19. The quantitative estimate of drug-likeness (QED) is 0.764. The van der Waals surface area contributed by atoms with E-state index >= 15 is 0 Å². The number of rotatable bonds is 8. The number of nitrogens with one attached hydrogen (secondary N) is 1. The van der Waals surface area contributed by atoms with Crippen LogP contribution in [0.25, 0.3) is 0 Å². The lowest BCUT2D eigenvalue weighted by Gasteiger charge is -2.02. The van der Waals surface area contributed by atoms with Gasteiger partial charge in [0.15, 0.2) is 11.7 Å². The van der Waals surface area contributed by atoms with Gasteiger partial charge in [0.1, 0.15) is 6.54 Å². The van der Waals surface area contributed by atoms with Crippen LogP contribution in [0, 0.1) is 5.92 Å². The number of carbonyl (C=O) groups excluding carboxylic acids is 1. The van der Waals surface area contributed by atoms with Gasteiger partial charge >= 0.3 is 0 Å². The minimum absolute atomic E-state index is 0.189. The molecule has 0 aliphatic rings. The predicted octanol–water partition coefficient (Wildman–Crippen LogP) is 1.37. The number of aryl methyl sites for hydroxylation is 2. The van der Waals surface area contributed by atoms with E-state index in [0.29, 0.717) is 24.8 Å². The fourth-order valence-electron chi connectivity index (χ4n) is 2.19. The smallest absolute Gasteiger partial charge is 0.197 e. The van der Waals surface area contributed by atoms with E-state index in [2.05, 4.69) is 20.3 Å². The number of nitrogen functional groups attached to an aromatic ring is 1. The molecule has 0 aromatic carbocycles. The van der Waals surface area contributed by atoms with Crippen molar-refractivity contribution >= 4 is 11.7 Å². The number of aromatic amines is 1. The number of hydrogen-bond donors (Lipinski definition) is 2. The summed E-state index contributed by atoms with van der Waals surface area (Å²) in [5.74, 6) is 1.01. The first kappa shape index (κ1) is 15.2. The van der Waals surface area contributed by atoms with Crippen LogP contribution in [-0.4, -0.2) is 30.7 Å². The van der Waals surface area contributed by atoms with Crippen molar-refractivity contribution in [3.8, 4) is 0 Å². The zero-order chi connectivity index (χ0) is 15.2. The number of carbonyl (C=O) groups is 1. The monoisotopic (exact) mass is 290 g/mol. The zero-order valence-corrected chi connectivity index (χ0v) is 12.5. The molecule has 0 fully saturated rings. The van der Waals surface area contributed by atoms with Gasteiger partial charge in [0.2, 0.25) is 0 Å². The van der Waals surface area contributed by atoms with E-state index in [-0.39, 0.29) is 5.78 Å². The van der Waals surface area contributed by atoms with Crippen molar-refractivity contribution < 1.29 is 4.79 Å². The first-order valence-corrected chi connectivity index (χ1v) is 7.23. The van der Waals surface area contributed by atoms with Crippen LogP contribution in [0.5, 0.6) is 0 Å². The average molecular weight is 290 g/mol. The predicted molar refractivity (Wildman–Crippen MR) is 79.5 cm³/mol. The first-order chi connectivity index (χ1) is 10.0. The van der Waals surface area contributed by atoms with Crippen LogP contribution in [0.4, 0.5) is 5.95 Å². The highest BCUT2D eigenvalue weighted by Gasteiger charge is 2.08. The molecule has 0 aliphatic carbocycles. The van der Waals surface area contributed by atoms with Gasteiger partial charge in [-0.2, -0.15) is 0 Å². The number of aromatic nitrogens is 5. The molecule has 0 aliphatic heterocycles. The van der Waals surface area contributed by atoms with Crippen molar-refractivity contribution in [3.63, 3.8) is 0 Å². The summed E-state index contributed by atoms with van der Waals surface area (Å²) in [6.45, 7) is 4.38. The largest absolute Gasteiger partial charge is 0.369 e. The zero-order valence-electron chi connectivity index (χ0n) is 12.5. The molecular formula is C14H22N6O. The molecule has 0 radical (unpaired) electrons. The van der Waals surface area contributed by atoms with Gasteiger partial charge in [0.05, 0.1) is 11.9 Å². The molecule has 7 nitrogen and oxygen atoms in total. The van der Waals surface area contributed by atoms with Gasteiger partial charge in [-0.1, -0.05) is 19.1 Å². The van der Waals surface area contributed by atoms with Gasteiger partial charge in [-0.05, 0) is 25.2 Å². The standard InChI is InChI=1S/C14H22N6O/c1-10(2)6-13(21)9-20-8-12(18-19-20)5-3-4-11-7-16-14(15)17-11/h7-8,10H,3-6,9H2,1-2H3,(H3,15,16,17). The number of imidazole rings is 1. The third kappa shape index (κ3) is 5.02. The molecule has 2 rings (SSSR count). The number of nitrogens with zero attached hydrogens (tertiary/aromatic N) is 4. The van der Waals surface area contributed by atoms with Crippen molar-refractivity contribution in [2.75, 3.05) is 5.73 Å². The lowest BCUT2D eigenvalue weighted by atomic mass is 10.1. The molecule has 2 heterocycles. The Morgan fingerprint density at radius 2 is 2.24 bits per heavy atom. The van der Waals surface area contributed by atoms with Crippen molar-refractivity contribution in [2.24, 2.45) is 5.92 Å². The maximum atomic E-state index is 11.7. The molecule has 0 bridgehead atoms. The third-order valence-corrected chi connectivity index (χ3v) is 3.09. The maximum absolute atomic E-state index is 11.7. The summed E-state index contributed by atoms with van der Waals surface area (Å²) in [4.78, 5) is 18.7. The summed E-state index contributed by atoms with van der Waals surface area (Å²) in [7, 11) is 0. The third-order valence-electron chi connectivity index (χ3n) is 3.09. The summed E-state index contributed by atoms with van der Waals surface area (Å²) < 4.78 is 1.62. The highest BCUT2D eigenvalue weighted by Crippen LogP contribution is 2.06. The van der Waals surface area contributed by atoms with Crippen molar-refractivity contribution in [1.82, 2.24) is 25.0 Å². The number of ketones is 1. The van der Waals surface area contributed by atoms with E-state index in [9.17, 15) is 4.79 Å². The molecule has 0 saturated carbocycles. The van der Waals surface area contributed by atoms with Crippen molar-refractivity contribution in [2.45, 2.75) is 46.1 Å². The second-order valence-corrected chi connectivity index (χ2v) is 5.69. The lowest BCUT2D eigenvalue weighted by Crippen LogP contribution is -2.12. The Morgan fingerprint density at radius 3 is 2.90 bits per heavy atom. The summed E-state index contributed by atoms with van der Waals surface area (Å²) in [6.07, 6.45) is 6.79. The molecule has 0 spiro atoms. The molecule has 3 N–H and O–H groups in total. The normalized spacial score (nSPS) is 11.2. The Labute approximate surface area is 123 Å². The summed E-state index contributed by atoms with van der Waals surface area (Å²) in [5, 5.41) is 8.09. The van der Waals surface area contributed by atoms with Gasteiger partial charge in [-0.15, -0.1) is 5.10 Å². The second kappa shape index (κ2) is 7.01. The van der Waals surface area contributed by atoms with Crippen LogP contribution in [0.3, 0.4) is 0 Å². The number of H-pyrrole nitrogens is 1. The number of anilines is 1. The highest BCUT2D eigenvalue weighted by molar-refractivity contribution is 5.78. The topological polar surface area (TPSA) is 102 Å². The number of nitrogens with two attached hydrogens (primary N) is 1. The summed E-state index contributed by atoms with van der Waals surface area (Å²) in [6, 6.07) is 0. The van der Waals surface area contributed by atoms with Crippen molar-refractivity contribution in [1.29, 1.82) is 0 Å². The van der Waals surface area contributed by atoms with Crippen LogP contribution in [-0.2, 0) is 24.2 Å². The Morgan fingerprint density at radius 1 is 1.43 bits per heavy atom. The van der Waals surface area contributed by atoms with Gasteiger partial charge in [0, 0.05) is 18.3 Å². The first-order valence-electron chi connectivity index (χ1n) is 7.23. The molecule has 2 aromatic heterocycles. The van der Waals surface area contributed by atoms with E-state index in [1.54, 1.807) is 10.9 Å². The van der Waals surface area contributed by atoms with E-state index in [0.717, 1.165) is 30.7 Å². The molecule has 114 valence electrons. The number of Topliss-reactive ketones (excluding diaryl/α,β-unsaturated/α-hetero) is 1. The van der Waals surface area contributed by atoms with Gasteiger partial charge in [0.25, 0.3) is 0 Å².